The second kappa shape index (κ2) is 7.05. The van der Waals surface area contributed by atoms with E-state index >= 15 is 0 Å². The Morgan fingerprint density at radius 2 is 1.67 bits per heavy atom. The topological polar surface area (TPSA) is 41.6 Å². The third kappa shape index (κ3) is 3.44. The first kappa shape index (κ1) is 16.5. The van der Waals surface area contributed by atoms with Crippen molar-refractivity contribution in [3.05, 3.63) is 65.2 Å². The Hall–Kier alpha value is -2.33. The number of ether oxygens (including phenoxy) is 1. The van der Waals surface area contributed by atoms with Gasteiger partial charge in [-0.1, -0.05) is 42.0 Å². The third-order valence-electron chi connectivity index (χ3n) is 4.66. The van der Waals surface area contributed by atoms with E-state index in [2.05, 4.69) is 48.6 Å². The minimum absolute atomic E-state index is 0.0167. The quantitative estimate of drug-likeness (QED) is 0.919. The van der Waals surface area contributed by atoms with Gasteiger partial charge in [0.25, 0.3) is 0 Å². The second-order valence-corrected chi connectivity index (χ2v) is 6.38. The number of hydrogen-bond acceptors (Lipinski definition) is 3. The van der Waals surface area contributed by atoms with Crippen molar-refractivity contribution in [1.29, 1.82) is 0 Å². The Morgan fingerprint density at radius 1 is 1.08 bits per heavy atom. The van der Waals surface area contributed by atoms with Gasteiger partial charge in [-0.25, -0.2) is 0 Å². The standard InChI is InChI=1S/C20H24N2O2/c1-14-4-6-15(7-5-14)19(16-8-10-17(24-3)11-9-16)21-18-12-13-22(2)20(18)23/h4-11,18-19,21H,12-13H2,1-3H3/t18-,19+/m0/s1. The fourth-order valence-corrected chi connectivity index (χ4v) is 3.12. The number of likely N-dealkylation sites (N-methyl/N-ethyl adjacent to an activating group) is 1. The molecule has 2 atom stereocenters. The molecular formula is C20H24N2O2. The van der Waals surface area contributed by atoms with Gasteiger partial charge in [0.2, 0.25) is 5.91 Å². The number of aryl methyl sites for hydroxylation is 1. The van der Waals surface area contributed by atoms with Gasteiger partial charge < -0.3 is 9.64 Å². The van der Waals surface area contributed by atoms with Gasteiger partial charge >= 0.3 is 0 Å². The van der Waals surface area contributed by atoms with Crippen molar-refractivity contribution < 1.29 is 9.53 Å². The summed E-state index contributed by atoms with van der Waals surface area (Å²) in [5, 5.41) is 3.55. The lowest BCUT2D eigenvalue weighted by Crippen LogP contribution is -2.39. The van der Waals surface area contributed by atoms with Crippen LogP contribution in [0, 0.1) is 6.92 Å². The first-order chi connectivity index (χ1) is 11.6. The van der Waals surface area contributed by atoms with Gasteiger partial charge in [0.15, 0.2) is 0 Å². The third-order valence-corrected chi connectivity index (χ3v) is 4.66. The van der Waals surface area contributed by atoms with Crippen LogP contribution in [0.5, 0.6) is 5.75 Å². The average molecular weight is 324 g/mol. The number of nitrogens with zero attached hydrogens (tertiary/aromatic N) is 1. The molecule has 3 rings (SSSR count). The monoisotopic (exact) mass is 324 g/mol. The van der Waals surface area contributed by atoms with Gasteiger partial charge in [0.05, 0.1) is 19.2 Å². The summed E-state index contributed by atoms with van der Waals surface area (Å²) in [6.45, 7) is 2.88. The maximum atomic E-state index is 12.3. The number of methoxy groups -OCH3 is 1. The molecule has 126 valence electrons. The molecule has 24 heavy (non-hydrogen) atoms. The van der Waals surface area contributed by atoms with E-state index in [9.17, 15) is 4.79 Å². The zero-order valence-corrected chi connectivity index (χ0v) is 14.5. The van der Waals surface area contributed by atoms with E-state index in [4.69, 9.17) is 4.74 Å². The fraction of sp³-hybridized carbons (Fsp3) is 0.350. The molecule has 0 spiro atoms. The Bertz CT molecular complexity index is 695. The van der Waals surface area contributed by atoms with Crippen molar-refractivity contribution in [2.75, 3.05) is 20.7 Å². The Kier molecular flexibility index (Phi) is 4.86. The molecule has 1 saturated heterocycles. The number of likely N-dealkylation sites (tertiary alicyclic amines) is 1. The highest BCUT2D eigenvalue weighted by Gasteiger charge is 2.31. The molecule has 0 bridgehead atoms. The second-order valence-electron chi connectivity index (χ2n) is 6.38. The first-order valence-electron chi connectivity index (χ1n) is 8.30. The predicted molar refractivity (Wildman–Crippen MR) is 95.2 cm³/mol. The van der Waals surface area contributed by atoms with Crippen molar-refractivity contribution in [2.24, 2.45) is 0 Å². The average Bonchev–Trinajstić information content (AvgIpc) is 2.93. The zero-order chi connectivity index (χ0) is 17.1. The van der Waals surface area contributed by atoms with Crippen LogP contribution in [0.1, 0.15) is 29.2 Å². The molecule has 4 nitrogen and oxygen atoms in total. The van der Waals surface area contributed by atoms with Crippen molar-refractivity contribution in [2.45, 2.75) is 25.4 Å². The molecule has 1 N–H and O–H groups in total. The smallest absolute Gasteiger partial charge is 0.239 e. The Balaban J connectivity index is 1.90. The predicted octanol–water partition coefficient (Wildman–Crippen LogP) is 2.91. The van der Waals surface area contributed by atoms with Crippen LogP contribution >= 0.6 is 0 Å². The van der Waals surface area contributed by atoms with Crippen LogP contribution in [0.25, 0.3) is 0 Å². The molecule has 0 saturated carbocycles. The summed E-state index contributed by atoms with van der Waals surface area (Å²) in [6.07, 6.45) is 0.841. The molecule has 4 heteroatoms. The summed E-state index contributed by atoms with van der Waals surface area (Å²) >= 11 is 0. The lowest BCUT2D eigenvalue weighted by Gasteiger charge is -2.23. The summed E-state index contributed by atoms with van der Waals surface area (Å²) in [5.74, 6) is 0.999. The van der Waals surface area contributed by atoms with E-state index in [1.165, 1.54) is 5.56 Å². The molecule has 1 heterocycles. The number of nitrogens with one attached hydrogen (secondary N) is 1. The SMILES string of the molecule is COc1ccc([C@H](N[C@H]2CCN(C)C2=O)c2ccc(C)cc2)cc1. The maximum absolute atomic E-state index is 12.3. The van der Waals surface area contributed by atoms with E-state index in [1.54, 1.807) is 12.0 Å². The van der Waals surface area contributed by atoms with Crippen molar-refractivity contribution >= 4 is 5.91 Å². The molecule has 1 amide bonds. The van der Waals surface area contributed by atoms with Crippen molar-refractivity contribution in [3.8, 4) is 5.75 Å². The summed E-state index contributed by atoms with van der Waals surface area (Å²) in [7, 11) is 3.52. The molecule has 0 unspecified atom stereocenters. The highest BCUT2D eigenvalue weighted by molar-refractivity contribution is 5.83. The zero-order valence-electron chi connectivity index (χ0n) is 14.5. The molecule has 2 aromatic rings. The van der Waals surface area contributed by atoms with Crippen molar-refractivity contribution in [3.63, 3.8) is 0 Å². The van der Waals surface area contributed by atoms with E-state index in [1.807, 2.05) is 19.2 Å². The van der Waals surface area contributed by atoms with Gasteiger partial charge in [-0.2, -0.15) is 0 Å². The molecule has 0 aromatic heterocycles. The van der Waals surface area contributed by atoms with Crippen LogP contribution in [0.2, 0.25) is 0 Å². The maximum Gasteiger partial charge on any atom is 0.239 e. The van der Waals surface area contributed by atoms with Crippen LogP contribution in [0.4, 0.5) is 0 Å². The lowest BCUT2D eigenvalue weighted by atomic mass is 9.96. The molecule has 0 aliphatic carbocycles. The fourth-order valence-electron chi connectivity index (χ4n) is 3.12. The van der Waals surface area contributed by atoms with Crippen molar-refractivity contribution in [1.82, 2.24) is 10.2 Å². The van der Waals surface area contributed by atoms with Gasteiger partial charge in [0.1, 0.15) is 5.75 Å². The first-order valence-corrected chi connectivity index (χ1v) is 8.30. The molecule has 0 radical (unpaired) electrons. The highest BCUT2D eigenvalue weighted by atomic mass is 16.5. The number of rotatable bonds is 5. The van der Waals surface area contributed by atoms with E-state index in [0.29, 0.717) is 0 Å². The largest absolute Gasteiger partial charge is 0.497 e. The number of benzene rings is 2. The highest BCUT2D eigenvalue weighted by Crippen LogP contribution is 2.26. The molecule has 1 aliphatic heterocycles. The molecule has 2 aromatic carbocycles. The molecular weight excluding hydrogens is 300 g/mol. The molecule has 1 fully saturated rings. The number of carbonyl (C=O) groups excluding carboxylic acids is 1. The van der Waals surface area contributed by atoms with E-state index in [0.717, 1.165) is 29.8 Å². The lowest BCUT2D eigenvalue weighted by molar-refractivity contribution is -0.128. The van der Waals surface area contributed by atoms with Crippen LogP contribution in [0.3, 0.4) is 0 Å². The van der Waals surface area contributed by atoms with E-state index in [-0.39, 0.29) is 18.0 Å². The van der Waals surface area contributed by atoms with Crippen LogP contribution in [-0.4, -0.2) is 37.6 Å². The van der Waals surface area contributed by atoms with Crippen LogP contribution in [0.15, 0.2) is 48.5 Å². The summed E-state index contributed by atoms with van der Waals surface area (Å²) < 4.78 is 5.25. The van der Waals surface area contributed by atoms with E-state index < -0.39 is 0 Å². The minimum Gasteiger partial charge on any atom is -0.497 e. The summed E-state index contributed by atoms with van der Waals surface area (Å²) in [5.41, 5.74) is 3.51. The van der Waals surface area contributed by atoms with Crippen LogP contribution in [-0.2, 0) is 4.79 Å². The number of amides is 1. The number of carbonyl (C=O) groups is 1. The normalized spacial score (nSPS) is 18.7. The Morgan fingerprint density at radius 3 is 2.17 bits per heavy atom. The van der Waals surface area contributed by atoms with Gasteiger partial charge in [0, 0.05) is 13.6 Å². The molecule has 1 aliphatic rings. The van der Waals surface area contributed by atoms with Gasteiger partial charge in [-0.15, -0.1) is 0 Å². The van der Waals surface area contributed by atoms with Crippen LogP contribution < -0.4 is 10.1 Å². The van der Waals surface area contributed by atoms with Gasteiger partial charge in [-0.05, 0) is 36.6 Å². The summed E-state index contributed by atoms with van der Waals surface area (Å²) in [4.78, 5) is 14.1. The van der Waals surface area contributed by atoms with Gasteiger partial charge in [-0.3, -0.25) is 10.1 Å². The number of hydrogen-bond donors (Lipinski definition) is 1. The Labute approximate surface area is 143 Å². The summed E-state index contributed by atoms with van der Waals surface area (Å²) in [6, 6.07) is 16.3. The minimum atomic E-state index is -0.136.